The van der Waals surface area contributed by atoms with Crippen LogP contribution in [0, 0.1) is 0 Å². The Labute approximate surface area is 151 Å². The van der Waals surface area contributed by atoms with Crippen LogP contribution in [-0.2, 0) is 19.1 Å². The number of piperazine rings is 1. The molecule has 0 unspecified atom stereocenters. The highest BCUT2D eigenvalue weighted by atomic mass is 16.5. The first-order chi connectivity index (χ1) is 12.4. The summed E-state index contributed by atoms with van der Waals surface area (Å²) in [4.78, 5) is 44.3. The van der Waals surface area contributed by atoms with E-state index in [1.54, 1.807) is 25.1 Å². The number of nitrogens with zero attached hydrogens (tertiary/aromatic N) is 4. The zero-order valence-electron chi connectivity index (χ0n) is 15.1. The topological polar surface area (TPSA) is 84.7 Å². The molecule has 0 N–H and O–H groups in total. The lowest BCUT2D eigenvalue weighted by Gasteiger charge is -2.39. The van der Waals surface area contributed by atoms with Crippen molar-refractivity contribution in [3.63, 3.8) is 0 Å². The molecule has 26 heavy (non-hydrogen) atoms. The van der Waals surface area contributed by atoms with E-state index in [2.05, 4.69) is 9.72 Å². The SMILES string of the molecule is COC(=O)CN1CCN(C(=O)[C@@H](C)n2cnc3ccccc32)[C@H](C)C1=O. The molecule has 0 radical (unpaired) electrons. The van der Waals surface area contributed by atoms with Gasteiger partial charge in [-0.25, -0.2) is 4.98 Å². The normalized spacial score (nSPS) is 18.9. The van der Waals surface area contributed by atoms with Gasteiger partial charge in [-0.15, -0.1) is 0 Å². The van der Waals surface area contributed by atoms with Gasteiger partial charge in [0.05, 0.1) is 24.5 Å². The highest BCUT2D eigenvalue weighted by Crippen LogP contribution is 2.21. The number of carbonyl (C=O) groups is 3. The molecule has 0 saturated carbocycles. The van der Waals surface area contributed by atoms with Gasteiger partial charge in [-0.2, -0.15) is 0 Å². The molecular weight excluding hydrogens is 336 g/mol. The molecule has 2 heterocycles. The average Bonchev–Trinajstić information content (AvgIpc) is 3.08. The van der Waals surface area contributed by atoms with Crippen LogP contribution in [0.1, 0.15) is 19.9 Å². The first kappa shape index (κ1) is 17.9. The molecule has 3 rings (SSSR count). The lowest BCUT2D eigenvalue weighted by atomic mass is 10.1. The standard InChI is InChI=1S/C18H22N4O4/c1-12-17(24)20(10-16(23)26-3)8-9-21(12)18(25)13(2)22-11-19-14-6-4-5-7-15(14)22/h4-7,11-13H,8-10H2,1-3H3/t12-,13-/m1/s1. The van der Waals surface area contributed by atoms with Crippen molar-refractivity contribution in [2.45, 2.75) is 25.9 Å². The average molecular weight is 358 g/mol. The number of carbonyl (C=O) groups excluding carboxylic acids is 3. The fourth-order valence-electron chi connectivity index (χ4n) is 3.25. The highest BCUT2D eigenvalue weighted by Gasteiger charge is 2.37. The summed E-state index contributed by atoms with van der Waals surface area (Å²) in [5.74, 6) is -0.868. The number of rotatable bonds is 4. The number of fused-ring (bicyclic) bond motifs is 1. The zero-order chi connectivity index (χ0) is 18.8. The third kappa shape index (κ3) is 3.14. The summed E-state index contributed by atoms with van der Waals surface area (Å²) in [5.41, 5.74) is 1.69. The van der Waals surface area contributed by atoms with Crippen LogP contribution in [0.25, 0.3) is 11.0 Å². The highest BCUT2D eigenvalue weighted by molar-refractivity contribution is 5.92. The fraction of sp³-hybridized carbons (Fsp3) is 0.444. The molecule has 1 aromatic heterocycles. The molecule has 0 spiro atoms. The van der Waals surface area contributed by atoms with E-state index in [4.69, 9.17) is 0 Å². The Hall–Kier alpha value is -2.90. The van der Waals surface area contributed by atoms with Gasteiger partial charge in [0, 0.05) is 13.1 Å². The molecular formula is C18H22N4O4. The predicted molar refractivity (Wildman–Crippen MR) is 94.2 cm³/mol. The molecule has 2 aromatic rings. The van der Waals surface area contributed by atoms with Gasteiger partial charge in [0.1, 0.15) is 18.6 Å². The van der Waals surface area contributed by atoms with Crippen LogP contribution in [-0.4, -0.2) is 69.9 Å². The number of aromatic nitrogens is 2. The minimum absolute atomic E-state index is 0.0938. The maximum absolute atomic E-state index is 13.0. The number of hydrogen-bond donors (Lipinski definition) is 0. The zero-order valence-corrected chi connectivity index (χ0v) is 15.1. The number of esters is 1. The first-order valence-electron chi connectivity index (χ1n) is 8.51. The Morgan fingerprint density at radius 2 is 2.04 bits per heavy atom. The van der Waals surface area contributed by atoms with E-state index in [1.165, 1.54) is 12.0 Å². The number of hydrogen-bond acceptors (Lipinski definition) is 5. The number of benzene rings is 1. The van der Waals surface area contributed by atoms with E-state index in [1.807, 2.05) is 28.8 Å². The van der Waals surface area contributed by atoms with E-state index >= 15 is 0 Å². The Morgan fingerprint density at radius 1 is 1.31 bits per heavy atom. The van der Waals surface area contributed by atoms with Gasteiger partial charge in [-0.1, -0.05) is 12.1 Å². The summed E-state index contributed by atoms with van der Waals surface area (Å²) in [7, 11) is 1.28. The maximum Gasteiger partial charge on any atom is 0.325 e. The van der Waals surface area contributed by atoms with Crippen molar-refractivity contribution < 1.29 is 19.1 Å². The third-order valence-corrected chi connectivity index (χ3v) is 4.83. The summed E-state index contributed by atoms with van der Waals surface area (Å²) in [6.45, 7) is 4.07. The summed E-state index contributed by atoms with van der Waals surface area (Å²) < 4.78 is 6.43. The number of imidazole rings is 1. The molecule has 0 bridgehead atoms. The van der Waals surface area contributed by atoms with E-state index < -0.39 is 18.1 Å². The van der Waals surface area contributed by atoms with Crippen molar-refractivity contribution >= 4 is 28.8 Å². The van der Waals surface area contributed by atoms with E-state index in [0.29, 0.717) is 13.1 Å². The first-order valence-corrected chi connectivity index (χ1v) is 8.51. The fourth-order valence-corrected chi connectivity index (χ4v) is 3.25. The molecule has 1 saturated heterocycles. The van der Waals surface area contributed by atoms with Gasteiger partial charge >= 0.3 is 5.97 Å². The predicted octanol–water partition coefficient (Wildman–Crippen LogP) is 0.830. The van der Waals surface area contributed by atoms with E-state index in [9.17, 15) is 14.4 Å². The van der Waals surface area contributed by atoms with Crippen molar-refractivity contribution in [2.24, 2.45) is 0 Å². The largest absolute Gasteiger partial charge is 0.468 e. The molecule has 138 valence electrons. The van der Waals surface area contributed by atoms with Crippen LogP contribution < -0.4 is 0 Å². The molecule has 0 aliphatic carbocycles. The van der Waals surface area contributed by atoms with Crippen molar-refractivity contribution in [1.29, 1.82) is 0 Å². The lowest BCUT2D eigenvalue weighted by Crippen LogP contribution is -2.59. The van der Waals surface area contributed by atoms with Crippen LogP contribution in [0.3, 0.4) is 0 Å². The Kier molecular flexibility index (Phi) is 4.92. The van der Waals surface area contributed by atoms with Crippen molar-refractivity contribution in [3.8, 4) is 0 Å². The second kappa shape index (κ2) is 7.15. The summed E-state index contributed by atoms with van der Waals surface area (Å²) in [6.07, 6.45) is 1.65. The summed E-state index contributed by atoms with van der Waals surface area (Å²) >= 11 is 0. The van der Waals surface area contributed by atoms with Crippen molar-refractivity contribution in [2.75, 3.05) is 26.7 Å². The van der Waals surface area contributed by atoms with Crippen LogP contribution in [0.5, 0.6) is 0 Å². The minimum atomic E-state index is -0.627. The summed E-state index contributed by atoms with van der Waals surface area (Å²) in [6, 6.07) is 6.49. The van der Waals surface area contributed by atoms with Crippen molar-refractivity contribution in [1.82, 2.24) is 19.4 Å². The molecule has 2 atom stereocenters. The van der Waals surface area contributed by atoms with Gasteiger partial charge in [-0.3, -0.25) is 14.4 Å². The second-order valence-electron chi connectivity index (χ2n) is 6.36. The van der Waals surface area contributed by atoms with E-state index in [-0.39, 0.29) is 18.4 Å². The monoisotopic (exact) mass is 358 g/mol. The number of methoxy groups -OCH3 is 1. The molecule has 8 nitrogen and oxygen atoms in total. The molecule has 1 aliphatic rings. The van der Waals surface area contributed by atoms with Crippen LogP contribution in [0.4, 0.5) is 0 Å². The minimum Gasteiger partial charge on any atom is -0.468 e. The van der Waals surface area contributed by atoms with Crippen molar-refractivity contribution in [3.05, 3.63) is 30.6 Å². The quantitative estimate of drug-likeness (QED) is 0.756. The Bertz CT molecular complexity index is 847. The van der Waals surface area contributed by atoms with Crippen LogP contribution in [0.15, 0.2) is 30.6 Å². The number of ether oxygens (including phenoxy) is 1. The van der Waals surface area contributed by atoms with Gasteiger partial charge < -0.3 is 19.1 Å². The molecule has 2 amide bonds. The molecule has 1 aromatic carbocycles. The maximum atomic E-state index is 13.0. The number of amides is 2. The van der Waals surface area contributed by atoms with Gasteiger partial charge in [0.15, 0.2) is 0 Å². The molecule has 1 aliphatic heterocycles. The van der Waals surface area contributed by atoms with Gasteiger partial charge in [0.2, 0.25) is 11.8 Å². The molecule has 8 heteroatoms. The number of para-hydroxylation sites is 2. The van der Waals surface area contributed by atoms with Gasteiger partial charge in [-0.05, 0) is 26.0 Å². The van der Waals surface area contributed by atoms with Gasteiger partial charge in [0.25, 0.3) is 0 Å². The second-order valence-corrected chi connectivity index (χ2v) is 6.36. The lowest BCUT2D eigenvalue weighted by molar-refractivity contribution is -0.156. The summed E-state index contributed by atoms with van der Waals surface area (Å²) in [5, 5.41) is 0. The third-order valence-electron chi connectivity index (χ3n) is 4.83. The Morgan fingerprint density at radius 3 is 2.77 bits per heavy atom. The smallest absolute Gasteiger partial charge is 0.325 e. The van der Waals surface area contributed by atoms with E-state index in [0.717, 1.165) is 11.0 Å². The van der Waals surface area contributed by atoms with Crippen LogP contribution >= 0.6 is 0 Å². The van der Waals surface area contributed by atoms with Crippen LogP contribution in [0.2, 0.25) is 0 Å². The molecule has 1 fully saturated rings. The Balaban J connectivity index is 1.76.